The van der Waals surface area contributed by atoms with E-state index < -0.39 is 28.4 Å². The molecule has 0 aromatic carbocycles. The normalized spacial score (nSPS) is 28.2. The summed E-state index contributed by atoms with van der Waals surface area (Å²) in [7, 11) is -8.64. The lowest BCUT2D eigenvalue weighted by Gasteiger charge is -2.42. The number of rotatable bonds is 5. The van der Waals surface area contributed by atoms with E-state index in [2.05, 4.69) is 4.67 Å². The van der Waals surface area contributed by atoms with Gasteiger partial charge in [-0.15, -0.1) is 8.15 Å². The maximum atomic E-state index is 12.6. The highest BCUT2D eigenvalue weighted by molar-refractivity contribution is 7.98. The molecule has 0 bridgehead atoms. The minimum Gasteiger partial charge on any atom is -0.251 e. The van der Waals surface area contributed by atoms with Gasteiger partial charge in [-0.3, -0.25) is 4.67 Å². The SMILES string of the molecule is CC(C)N(C(C)C)P1N(S(C)(=O)=O)[C@@H]2CCCC[C@H]2N1S(C)(=O)=O. The predicted octanol–water partition coefficient (Wildman–Crippen LogP) is 2.18. The molecule has 10 heteroatoms. The summed E-state index contributed by atoms with van der Waals surface area (Å²) in [6, 6.07) is -0.390. The first-order valence-electron chi connectivity index (χ1n) is 8.44. The highest BCUT2D eigenvalue weighted by Crippen LogP contribution is 2.62. The number of sulfonamides is 2. The Morgan fingerprint density at radius 1 is 0.833 bits per heavy atom. The molecule has 0 N–H and O–H groups in total. The average Bonchev–Trinajstić information content (AvgIpc) is 2.71. The van der Waals surface area contributed by atoms with Crippen molar-refractivity contribution in [2.24, 2.45) is 0 Å². The van der Waals surface area contributed by atoms with Crippen molar-refractivity contribution in [1.82, 2.24) is 12.8 Å². The standard InChI is InChI=1S/C14H30N3O4PS2/c1-11(2)15(12(3)4)22-16(23(5,18)19)13-9-7-8-10-14(13)17(22)24(6,20)21/h11-14H,7-10H2,1-6H3/t13-,14-/m1/s1. The maximum Gasteiger partial charge on any atom is 0.216 e. The van der Waals surface area contributed by atoms with E-state index in [1.807, 2.05) is 27.7 Å². The lowest BCUT2D eigenvalue weighted by Crippen LogP contribution is -2.42. The molecule has 2 rings (SSSR count). The molecule has 1 aliphatic carbocycles. The monoisotopic (exact) mass is 399 g/mol. The molecular formula is C14H30N3O4PS2. The van der Waals surface area contributed by atoms with E-state index in [-0.39, 0.29) is 24.2 Å². The lowest BCUT2D eigenvalue weighted by molar-refractivity contribution is 0.280. The molecule has 1 heterocycles. The van der Waals surface area contributed by atoms with Crippen LogP contribution in [0.15, 0.2) is 0 Å². The Hall–Kier alpha value is 0.210. The van der Waals surface area contributed by atoms with Crippen LogP contribution in [0.1, 0.15) is 53.4 Å². The van der Waals surface area contributed by atoms with Gasteiger partial charge in [0, 0.05) is 24.2 Å². The van der Waals surface area contributed by atoms with Crippen molar-refractivity contribution in [2.45, 2.75) is 77.5 Å². The number of nitrogens with zero attached hydrogens (tertiary/aromatic N) is 3. The van der Waals surface area contributed by atoms with Crippen LogP contribution in [0.25, 0.3) is 0 Å². The van der Waals surface area contributed by atoms with Crippen LogP contribution in [0.5, 0.6) is 0 Å². The van der Waals surface area contributed by atoms with Crippen molar-refractivity contribution in [1.29, 1.82) is 0 Å². The second kappa shape index (κ2) is 7.08. The molecule has 0 aromatic rings. The number of fused-ring (bicyclic) bond motifs is 1. The summed E-state index contributed by atoms with van der Waals surface area (Å²) in [5.41, 5.74) is 0. The summed E-state index contributed by atoms with van der Waals surface area (Å²) in [5, 5.41) is 0. The zero-order chi connectivity index (χ0) is 18.4. The van der Waals surface area contributed by atoms with Crippen molar-refractivity contribution in [3.05, 3.63) is 0 Å². The van der Waals surface area contributed by atoms with E-state index >= 15 is 0 Å². The molecule has 0 amide bonds. The molecule has 0 aromatic heterocycles. The van der Waals surface area contributed by atoms with Crippen molar-refractivity contribution in [3.8, 4) is 0 Å². The second-order valence-electron chi connectivity index (χ2n) is 7.33. The minimum absolute atomic E-state index is 0.0461. The Balaban J connectivity index is 2.66. The molecule has 0 spiro atoms. The largest absolute Gasteiger partial charge is 0.251 e. The van der Waals surface area contributed by atoms with E-state index in [1.165, 1.54) is 20.7 Å². The quantitative estimate of drug-likeness (QED) is 0.662. The van der Waals surface area contributed by atoms with E-state index in [1.54, 1.807) is 0 Å². The summed E-state index contributed by atoms with van der Waals surface area (Å²) in [5.74, 6) is 0. The molecule has 142 valence electrons. The van der Waals surface area contributed by atoms with Crippen LogP contribution in [0.2, 0.25) is 0 Å². The lowest BCUT2D eigenvalue weighted by atomic mass is 9.92. The van der Waals surface area contributed by atoms with E-state index in [9.17, 15) is 16.8 Å². The highest BCUT2D eigenvalue weighted by Gasteiger charge is 2.58. The molecule has 0 unspecified atom stereocenters. The Labute approximate surface area is 148 Å². The molecular weight excluding hydrogens is 369 g/mol. The van der Waals surface area contributed by atoms with Gasteiger partial charge in [-0.05, 0) is 40.5 Å². The molecule has 2 fully saturated rings. The average molecular weight is 400 g/mol. The molecule has 7 nitrogen and oxygen atoms in total. The fraction of sp³-hybridized carbons (Fsp3) is 1.00. The Morgan fingerprint density at radius 2 is 1.17 bits per heavy atom. The van der Waals surface area contributed by atoms with Crippen LogP contribution in [-0.2, 0) is 20.0 Å². The second-order valence-corrected chi connectivity index (χ2v) is 13.4. The first kappa shape index (κ1) is 20.5. The van der Waals surface area contributed by atoms with Crippen molar-refractivity contribution >= 4 is 28.4 Å². The van der Waals surface area contributed by atoms with E-state index in [0.717, 1.165) is 25.7 Å². The van der Waals surface area contributed by atoms with Crippen LogP contribution in [0.4, 0.5) is 0 Å². The van der Waals surface area contributed by atoms with Crippen LogP contribution < -0.4 is 0 Å². The molecule has 1 aliphatic heterocycles. The maximum absolute atomic E-state index is 12.6. The number of hydrogen-bond donors (Lipinski definition) is 0. The molecule has 2 aliphatic rings. The smallest absolute Gasteiger partial charge is 0.216 e. The van der Waals surface area contributed by atoms with Crippen LogP contribution >= 0.6 is 8.37 Å². The van der Waals surface area contributed by atoms with Crippen LogP contribution in [0, 0.1) is 0 Å². The van der Waals surface area contributed by atoms with Crippen LogP contribution in [0.3, 0.4) is 0 Å². The van der Waals surface area contributed by atoms with Gasteiger partial charge in [-0.25, -0.2) is 16.8 Å². The Kier molecular flexibility index (Phi) is 6.05. The van der Waals surface area contributed by atoms with Crippen molar-refractivity contribution in [3.63, 3.8) is 0 Å². The van der Waals surface area contributed by atoms with Crippen molar-refractivity contribution < 1.29 is 16.8 Å². The van der Waals surface area contributed by atoms with Crippen LogP contribution in [-0.4, -0.2) is 66.3 Å². The fourth-order valence-corrected chi connectivity index (χ4v) is 11.1. The van der Waals surface area contributed by atoms with Gasteiger partial charge in [-0.1, -0.05) is 12.8 Å². The topological polar surface area (TPSA) is 78.0 Å². The van der Waals surface area contributed by atoms with Gasteiger partial charge in [0.25, 0.3) is 0 Å². The van der Waals surface area contributed by atoms with Crippen molar-refractivity contribution in [2.75, 3.05) is 12.5 Å². The summed E-state index contributed by atoms with van der Waals surface area (Å²) < 4.78 is 55.6. The minimum atomic E-state index is -3.51. The van der Waals surface area contributed by atoms with Gasteiger partial charge in [0.1, 0.15) is 8.37 Å². The Bertz CT molecular complexity index is 610. The summed E-state index contributed by atoms with van der Waals surface area (Å²) in [4.78, 5) is 0. The van der Waals surface area contributed by atoms with Gasteiger partial charge in [0.05, 0.1) is 12.5 Å². The molecule has 24 heavy (non-hydrogen) atoms. The summed E-state index contributed by atoms with van der Waals surface area (Å²) >= 11 is 0. The zero-order valence-corrected chi connectivity index (χ0v) is 17.9. The third kappa shape index (κ3) is 3.81. The third-order valence-electron chi connectivity index (χ3n) is 4.56. The van der Waals surface area contributed by atoms with Gasteiger partial charge in [-0.2, -0.15) is 0 Å². The van der Waals surface area contributed by atoms with Gasteiger partial charge < -0.3 is 0 Å². The van der Waals surface area contributed by atoms with Gasteiger partial charge in [0.15, 0.2) is 0 Å². The fourth-order valence-electron chi connectivity index (χ4n) is 3.93. The van der Waals surface area contributed by atoms with Gasteiger partial charge in [0.2, 0.25) is 20.0 Å². The summed E-state index contributed by atoms with van der Waals surface area (Å²) in [6.07, 6.45) is 5.76. The number of hydrogen-bond acceptors (Lipinski definition) is 5. The van der Waals surface area contributed by atoms with E-state index in [0.29, 0.717) is 0 Å². The first-order valence-corrected chi connectivity index (χ1v) is 13.3. The third-order valence-corrected chi connectivity index (χ3v) is 11.8. The Morgan fingerprint density at radius 3 is 1.42 bits per heavy atom. The summed E-state index contributed by atoms with van der Waals surface area (Å²) in [6.45, 7) is 7.97. The van der Waals surface area contributed by atoms with Gasteiger partial charge >= 0.3 is 0 Å². The molecule has 1 saturated carbocycles. The predicted molar refractivity (Wildman–Crippen MR) is 98.4 cm³/mol. The molecule has 2 atom stereocenters. The molecule has 0 radical (unpaired) electrons. The zero-order valence-electron chi connectivity index (χ0n) is 15.4. The van der Waals surface area contributed by atoms with E-state index in [4.69, 9.17) is 0 Å². The highest BCUT2D eigenvalue weighted by atomic mass is 32.2. The first-order chi connectivity index (χ1) is 10.9. The molecule has 1 saturated heterocycles.